The number of benzene rings is 4. The number of nitrogens with one attached hydrogen (secondary N) is 1. The van der Waals surface area contributed by atoms with Crippen LogP contribution in [0.2, 0.25) is 0 Å². The number of hydrogen-bond donors (Lipinski definition) is 1. The number of anilines is 1. The first-order valence-corrected chi connectivity index (χ1v) is 21.9. The number of carbonyl (C=O) groups excluding carboxylic acids is 1. The number of alkyl halides is 3. The van der Waals surface area contributed by atoms with Gasteiger partial charge in [0, 0.05) is 24.7 Å². The van der Waals surface area contributed by atoms with Crippen molar-refractivity contribution < 1.29 is 50.7 Å². The molecule has 1 N–H and O–H groups in total. The van der Waals surface area contributed by atoms with E-state index in [-0.39, 0.29) is 43.1 Å². The summed E-state index contributed by atoms with van der Waals surface area (Å²) < 4.78 is 84.0. The van der Waals surface area contributed by atoms with E-state index in [0.29, 0.717) is 17.6 Å². The van der Waals surface area contributed by atoms with Gasteiger partial charge < -0.3 is 38.0 Å². The van der Waals surface area contributed by atoms with Gasteiger partial charge in [-0.1, -0.05) is 60.7 Å². The van der Waals surface area contributed by atoms with Crippen molar-refractivity contribution in [2.45, 2.75) is 82.8 Å². The molecule has 0 aliphatic carbocycles. The molecule has 2 heterocycles. The number of nitrogens with zero attached hydrogens (tertiary/aromatic N) is 4. The molecular weight excluding hydrogens is 867 g/mol. The molecule has 1 unspecified atom stereocenters. The second-order valence-corrected chi connectivity index (χ2v) is 16.9. The molecule has 18 heteroatoms. The maximum absolute atomic E-state index is 14.2. The molecule has 0 spiro atoms. The summed E-state index contributed by atoms with van der Waals surface area (Å²) in [5.74, 6) is 1.18. The Morgan fingerprint density at radius 3 is 2.03 bits per heavy atom. The topological polar surface area (TPSA) is 156 Å². The zero-order chi connectivity index (χ0) is 46.7. The number of aromatic nitrogens is 2. The Balaban J connectivity index is 1.32. The van der Waals surface area contributed by atoms with Crippen molar-refractivity contribution in [3.05, 3.63) is 148 Å². The predicted molar refractivity (Wildman–Crippen MR) is 236 cm³/mol. The summed E-state index contributed by atoms with van der Waals surface area (Å²) in [6.45, 7) is 7.51. The Kier molecular flexibility index (Phi) is 16.2. The average Bonchev–Trinajstić information content (AvgIpc) is 3.69. The van der Waals surface area contributed by atoms with Crippen LogP contribution >= 0.6 is 8.53 Å². The van der Waals surface area contributed by atoms with Crippen LogP contribution in [0.3, 0.4) is 0 Å². The third-order valence-corrected chi connectivity index (χ3v) is 12.7. The number of ether oxygens (including phenoxy) is 5. The van der Waals surface area contributed by atoms with E-state index in [4.69, 9.17) is 32.7 Å². The van der Waals surface area contributed by atoms with Crippen LogP contribution in [-0.2, 0) is 30.2 Å². The third-order valence-electron chi connectivity index (χ3n) is 10.5. The molecule has 0 radical (unpaired) electrons. The Morgan fingerprint density at radius 2 is 1.48 bits per heavy atom. The Hall–Kier alpha value is -6.02. The molecule has 1 fully saturated rings. The van der Waals surface area contributed by atoms with Crippen LogP contribution in [0.5, 0.6) is 17.2 Å². The van der Waals surface area contributed by atoms with Crippen LogP contribution in [0, 0.1) is 11.3 Å². The molecule has 4 atom stereocenters. The van der Waals surface area contributed by atoms with Crippen molar-refractivity contribution in [1.82, 2.24) is 14.2 Å². The molecule has 1 aliphatic rings. The number of hydrogen-bond acceptors (Lipinski definition) is 13. The van der Waals surface area contributed by atoms with Gasteiger partial charge in [0.2, 0.25) is 0 Å². The van der Waals surface area contributed by atoms with Crippen molar-refractivity contribution in [1.29, 1.82) is 5.26 Å². The van der Waals surface area contributed by atoms with Crippen LogP contribution in [0.4, 0.5) is 23.8 Å². The predicted octanol–water partition coefficient (Wildman–Crippen LogP) is 9.85. The summed E-state index contributed by atoms with van der Waals surface area (Å²) in [6.07, 6.45) is -7.06. The van der Waals surface area contributed by atoms with Gasteiger partial charge in [-0.3, -0.25) is 4.57 Å². The lowest BCUT2D eigenvalue weighted by molar-refractivity contribution is -0.137. The highest BCUT2D eigenvalue weighted by Gasteiger charge is 2.43. The van der Waals surface area contributed by atoms with Gasteiger partial charge in [0.25, 0.3) is 8.53 Å². The smallest absolute Gasteiger partial charge is 0.497 e. The Bertz CT molecular complexity index is 2380. The molecule has 5 aromatic rings. The quantitative estimate of drug-likeness (QED) is 0.0275. The monoisotopic (exact) mass is 917 g/mol. The fourth-order valence-electron chi connectivity index (χ4n) is 7.53. The van der Waals surface area contributed by atoms with E-state index in [1.54, 1.807) is 26.5 Å². The van der Waals surface area contributed by atoms with Crippen LogP contribution in [-0.4, -0.2) is 72.1 Å². The second kappa shape index (κ2) is 21.8. The maximum Gasteiger partial charge on any atom is 0.513 e. The second-order valence-electron chi connectivity index (χ2n) is 15.4. The normalized spacial score (nSPS) is 16.9. The van der Waals surface area contributed by atoms with Gasteiger partial charge in [-0.25, -0.2) is 14.3 Å². The van der Waals surface area contributed by atoms with Crippen LogP contribution < -0.4 is 25.2 Å². The zero-order valence-corrected chi connectivity index (χ0v) is 37.6. The molecule has 6 rings (SSSR count). The highest BCUT2D eigenvalue weighted by atomic mass is 31.2. The number of methoxy groups -OCH3 is 2. The first-order valence-electron chi connectivity index (χ1n) is 20.8. The lowest BCUT2D eigenvalue weighted by Gasteiger charge is -2.37. The minimum atomic E-state index is -4.66. The summed E-state index contributed by atoms with van der Waals surface area (Å²) in [4.78, 5) is 31.6. The van der Waals surface area contributed by atoms with Crippen LogP contribution in [0.25, 0.3) is 0 Å². The molecule has 0 amide bonds. The largest absolute Gasteiger partial charge is 0.513 e. The molecule has 1 saturated heterocycles. The highest BCUT2D eigenvalue weighted by Crippen LogP contribution is 2.50. The third kappa shape index (κ3) is 11.8. The first-order chi connectivity index (χ1) is 31.2. The molecular formula is C47H51F3N5O9P. The summed E-state index contributed by atoms with van der Waals surface area (Å²) in [5.41, 5.74) is -0.274. The standard InChI is InChI=1S/C47H51F3N5O9P/c1-31(2)55(32(3)4)65(61-27-11-25-51)64-40-29-43(63-41(40)30-60-45(57)62-39-15-10-14-36(28-39)47(48,49)50)54-26-24-42(52-44(54)56)53-46(33-12-8-7-9-13-33,34-16-20-37(58-5)21-17-34)35-18-22-38(59-6)23-19-35/h7-10,12-24,26,28,31-32,40-41,43H,11,27,29-30H2,1-6H3,(H,52,53,56)/t40-,41+,43+,65?/m0/s1. The first kappa shape index (κ1) is 48.4. The van der Waals surface area contributed by atoms with E-state index in [2.05, 4.69) is 16.4 Å². The Labute approximate surface area is 376 Å². The minimum absolute atomic E-state index is 0.0517. The van der Waals surface area contributed by atoms with Gasteiger partial charge >= 0.3 is 18.0 Å². The maximum atomic E-state index is 14.2. The van der Waals surface area contributed by atoms with Gasteiger partial charge in [-0.15, -0.1) is 0 Å². The van der Waals surface area contributed by atoms with Gasteiger partial charge in [-0.05, 0) is 92.9 Å². The number of carbonyl (C=O) groups is 1. The molecule has 65 heavy (non-hydrogen) atoms. The molecule has 1 aliphatic heterocycles. The molecule has 1 aromatic heterocycles. The van der Waals surface area contributed by atoms with E-state index in [1.807, 2.05) is 111 Å². The van der Waals surface area contributed by atoms with Crippen molar-refractivity contribution >= 4 is 20.5 Å². The van der Waals surface area contributed by atoms with E-state index in [0.717, 1.165) is 28.8 Å². The van der Waals surface area contributed by atoms with E-state index in [1.165, 1.54) is 10.6 Å². The fourth-order valence-corrected chi connectivity index (χ4v) is 9.29. The Morgan fingerprint density at radius 1 is 0.877 bits per heavy atom. The molecule has 14 nitrogen and oxygen atoms in total. The van der Waals surface area contributed by atoms with Gasteiger partial charge in [-0.2, -0.15) is 23.4 Å². The average molecular weight is 918 g/mol. The summed E-state index contributed by atoms with van der Waals surface area (Å²) in [6, 6.07) is 32.3. The van der Waals surface area contributed by atoms with E-state index < -0.39 is 62.7 Å². The minimum Gasteiger partial charge on any atom is -0.497 e. The van der Waals surface area contributed by atoms with Crippen LogP contribution in [0.15, 0.2) is 120 Å². The lowest BCUT2D eigenvalue weighted by atomic mass is 9.77. The molecule has 0 bridgehead atoms. The molecule has 0 saturated carbocycles. The van der Waals surface area contributed by atoms with E-state index >= 15 is 0 Å². The van der Waals surface area contributed by atoms with Crippen molar-refractivity contribution in [3.63, 3.8) is 0 Å². The number of nitriles is 1. The fraction of sp³-hybridized carbons (Fsp3) is 0.362. The van der Waals surface area contributed by atoms with E-state index in [9.17, 15) is 28.0 Å². The summed E-state index contributed by atoms with van der Waals surface area (Å²) >= 11 is 0. The SMILES string of the molecule is COc1ccc(C(Nc2ccn([C@H]3C[C@H](OP(OCCC#N)N(C(C)C)C(C)C)[C@@H](COC(=O)Oc4cccc(C(F)(F)F)c4)O3)c(=O)n2)(c2ccccc2)c2ccc(OC)cc2)cc1. The lowest BCUT2D eigenvalue weighted by Crippen LogP contribution is -2.39. The summed E-state index contributed by atoms with van der Waals surface area (Å²) in [7, 11) is 1.35. The van der Waals surface area contributed by atoms with Crippen molar-refractivity contribution in [2.75, 3.05) is 32.8 Å². The highest BCUT2D eigenvalue weighted by molar-refractivity contribution is 7.44. The molecule has 344 valence electrons. The van der Waals surface area contributed by atoms with Gasteiger partial charge in [0.15, 0.2) is 0 Å². The van der Waals surface area contributed by atoms with Crippen molar-refractivity contribution in [2.24, 2.45) is 0 Å². The summed E-state index contributed by atoms with van der Waals surface area (Å²) in [5, 5.41) is 12.9. The molecule has 4 aromatic carbocycles. The number of rotatable bonds is 19. The van der Waals surface area contributed by atoms with Gasteiger partial charge in [0.05, 0.1) is 45.0 Å². The van der Waals surface area contributed by atoms with Gasteiger partial charge in [0.1, 0.15) is 47.5 Å². The van der Waals surface area contributed by atoms with Crippen molar-refractivity contribution in [3.8, 4) is 23.3 Å². The zero-order valence-electron chi connectivity index (χ0n) is 36.7. The van der Waals surface area contributed by atoms with Crippen LogP contribution in [0.1, 0.15) is 69.0 Å². The number of halogens is 3.